The number of nitro benzene ring substituents is 1. The van der Waals surface area contributed by atoms with E-state index in [1.54, 1.807) is 0 Å². The second-order valence-corrected chi connectivity index (χ2v) is 5.70. The van der Waals surface area contributed by atoms with Gasteiger partial charge in [0.2, 0.25) is 9.84 Å². The summed E-state index contributed by atoms with van der Waals surface area (Å²) in [5.74, 6) is -0.0731. The van der Waals surface area contributed by atoms with Gasteiger partial charge >= 0.3 is 0 Å². The number of rotatable bonds is 4. The summed E-state index contributed by atoms with van der Waals surface area (Å²) in [4.78, 5) is 13.7. The molecule has 1 heterocycles. The first-order chi connectivity index (χ1) is 9.46. The minimum atomic E-state index is -3.81. The van der Waals surface area contributed by atoms with Gasteiger partial charge in [-0.25, -0.2) is 8.42 Å². The lowest BCUT2D eigenvalue weighted by Gasteiger charge is -2.09. The predicted molar refractivity (Wildman–Crippen MR) is 69.3 cm³/mol. The number of pyridine rings is 1. The van der Waals surface area contributed by atoms with Gasteiger partial charge in [-0.1, -0.05) is 0 Å². The molecule has 0 amide bonds. The van der Waals surface area contributed by atoms with Gasteiger partial charge in [0.05, 0.1) is 23.0 Å². The maximum absolute atomic E-state index is 12.4. The van der Waals surface area contributed by atoms with Crippen LogP contribution in [0.5, 0.6) is 5.75 Å². The van der Waals surface area contributed by atoms with E-state index in [1.807, 2.05) is 0 Å². The average Bonchev–Trinajstić information content (AvgIpc) is 2.47. The summed E-state index contributed by atoms with van der Waals surface area (Å²) in [7, 11) is -2.56. The Morgan fingerprint density at radius 2 is 1.85 bits per heavy atom. The second-order valence-electron chi connectivity index (χ2n) is 3.78. The van der Waals surface area contributed by atoms with Crippen LogP contribution >= 0.6 is 0 Å². The molecule has 0 spiro atoms. The van der Waals surface area contributed by atoms with Gasteiger partial charge in [-0.2, -0.15) is 0 Å². The molecule has 1 aromatic heterocycles. The Kier molecular flexibility index (Phi) is 3.66. The summed E-state index contributed by atoms with van der Waals surface area (Å²) in [6.45, 7) is 0. The summed E-state index contributed by atoms with van der Waals surface area (Å²) in [5.41, 5.74) is -0.240. The smallest absolute Gasteiger partial charge is 0.273 e. The predicted octanol–water partition coefficient (Wildman–Crippen LogP) is 1.83. The minimum absolute atomic E-state index is 0.0413. The van der Waals surface area contributed by atoms with Crippen LogP contribution in [0.2, 0.25) is 0 Å². The van der Waals surface area contributed by atoms with Crippen LogP contribution in [-0.4, -0.2) is 25.4 Å². The third-order valence-corrected chi connectivity index (χ3v) is 4.42. The Balaban J connectivity index is 2.61. The summed E-state index contributed by atoms with van der Waals surface area (Å²) < 4.78 is 29.8. The largest absolute Gasteiger partial charge is 0.495 e. The van der Waals surface area contributed by atoms with E-state index in [0.717, 1.165) is 18.2 Å². The standard InChI is InChI=1S/C12H10N2O5S/c1-19-11-8-9(14(15)16)2-3-12(11)20(17,18)10-4-6-13-7-5-10/h2-8H,1H3. The number of hydrogen-bond acceptors (Lipinski definition) is 6. The molecule has 0 aliphatic carbocycles. The summed E-state index contributed by atoms with van der Waals surface area (Å²) >= 11 is 0. The van der Waals surface area contributed by atoms with Crippen LogP contribution in [0.15, 0.2) is 52.5 Å². The van der Waals surface area contributed by atoms with E-state index in [2.05, 4.69) is 4.98 Å². The Morgan fingerprint density at radius 3 is 2.40 bits per heavy atom. The fourth-order valence-electron chi connectivity index (χ4n) is 1.64. The summed E-state index contributed by atoms with van der Waals surface area (Å²) in [6, 6.07) is 6.05. The topological polar surface area (TPSA) is 99.4 Å². The average molecular weight is 294 g/mol. The van der Waals surface area contributed by atoms with Crippen LogP contribution in [-0.2, 0) is 9.84 Å². The number of aromatic nitrogens is 1. The van der Waals surface area contributed by atoms with E-state index in [0.29, 0.717) is 0 Å². The molecular formula is C12H10N2O5S. The van der Waals surface area contributed by atoms with Gasteiger partial charge < -0.3 is 4.74 Å². The van der Waals surface area contributed by atoms with Crippen molar-refractivity contribution in [3.05, 3.63) is 52.8 Å². The number of benzene rings is 1. The molecular weight excluding hydrogens is 284 g/mol. The zero-order chi connectivity index (χ0) is 14.8. The first-order valence-electron chi connectivity index (χ1n) is 5.44. The first-order valence-corrected chi connectivity index (χ1v) is 6.92. The van der Waals surface area contributed by atoms with Crippen molar-refractivity contribution in [2.45, 2.75) is 9.79 Å². The molecule has 0 fully saturated rings. The number of nitro groups is 1. The van der Waals surface area contributed by atoms with Crippen LogP contribution in [0.1, 0.15) is 0 Å². The van der Waals surface area contributed by atoms with Crippen molar-refractivity contribution in [1.82, 2.24) is 4.98 Å². The van der Waals surface area contributed by atoms with Crippen LogP contribution in [0.25, 0.3) is 0 Å². The summed E-state index contributed by atoms with van der Waals surface area (Å²) in [6.07, 6.45) is 2.70. The zero-order valence-corrected chi connectivity index (χ0v) is 11.2. The molecule has 2 rings (SSSR count). The Bertz CT molecular complexity index is 744. The first kappa shape index (κ1) is 13.9. The molecule has 0 aliphatic rings. The highest BCUT2D eigenvalue weighted by Gasteiger charge is 2.24. The van der Waals surface area contributed by atoms with Crippen molar-refractivity contribution in [3.8, 4) is 5.75 Å². The number of methoxy groups -OCH3 is 1. The minimum Gasteiger partial charge on any atom is -0.495 e. The number of nitrogens with zero attached hydrogens (tertiary/aromatic N) is 2. The van der Waals surface area contributed by atoms with Crippen molar-refractivity contribution in [3.63, 3.8) is 0 Å². The summed E-state index contributed by atoms with van der Waals surface area (Å²) in [5, 5.41) is 10.7. The zero-order valence-electron chi connectivity index (χ0n) is 10.4. The van der Waals surface area contributed by atoms with Crippen molar-refractivity contribution >= 4 is 15.5 Å². The van der Waals surface area contributed by atoms with E-state index >= 15 is 0 Å². The van der Waals surface area contributed by atoms with Gasteiger partial charge in [0.15, 0.2) is 0 Å². The van der Waals surface area contributed by atoms with Crippen molar-refractivity contribution in [2.24, 2.45) is 0 Å². The molecule has 0 bridgehead atoms. The van der Waals surface area contributed by atoms with Gasteiger partial charge in [0.1, 0.15) is 10.6 Å². The van der Waals surface area contributed by atoms with Gasteiger partial charge in [-0.05, 0) is 18.2 Å². The molecule has 8 heteroatoms. The van der Waals surface area contributed by atoms with Gasteiger partial charge in [0, 0.05) is 18.5 Å². The molecule has 1 aromatic carbocycles. The van der Waals surface area contributed by atoms with E-state index in [9.17, 15) is 18.5 Å². The van der Waals surface area contributed by atoms with Gasteiger partial charge in [0.25, 0.3) is 5.69 Å². The Labute approximate surface area is 114 Å². The SMILES string of the molecule is COc1cc([N+](=O)[O-])ccc1S(=O)(=O)c1ccncc1. The van der Waals surface area contributed by atoms with Gasteiger partial charge in [-0.3, -0.25) is 15.1 Å². The molecule has 7 nitrogen and oxygen atoms in total. The fraction of sp³-hybridized carbons (Fsp3) is 0.0833. The Hall–Kier alpha value is -2.48. The van der Waals surface area contributed by atoms with Gasteiger partial charge in [-0.15, -0.1) is 0 Å². The lowest BCUT2D eigenvalue weighted by Crippen LogP contribution is -2.05. The monoisotopic (exact) mass is 294 g/mol. The highest BCUT2D eigenvalue weighted by Crippen LogP contribution is 2.32. The molecule has 0 radical (unpaired) electrons. The highest BCUT2D eigenvalue weighted by atomic mass is 32.2. The molecule has 0 saturated carbocycles. The second kappa shape index (κ2) is 5.25. The van der Waals surface area contributed by atoms with Crippen molar-refractivity contribution in [2.75, 3.05) is 7.11 Å². The molecule has 20 heavy (non-hydrogen) atoms. The maximum Gasteiger partial charge on any atom is 0.273 e. The number of ether oxygens (including phenoxy) is 1. The molecule has 104 valence electrons. The quantitative estimate of drug-likeness (QED) is 0.630. The van der Waals surface area contributed by atoms with Crippen LogP contribution in [0, 0.1) is 10.1 Å². The highest BCUT2D eigenvalue weighted by molar-refractivity contribution is 7.91. The third kappa shape index (κ3) is 2.45. The van der Waals surface area contributed by atoms with E-state index < -0.39 is 14.8 Å². The molecule has 0 unspecified atom stereocenters. The van der Waals surface area contributed by atoms with E-state index in [-0.39, 0.29) is 21.2 Å². The van der Waals surface area contributed by atoms with Crippen LogP contribution < -0.4 is 4.74 Å². The lowest BCUT2D eigenvalue weighted by atomic mass is 10.3. The van der Waals surface area contributed by atoms with Crippen LogP contribution in [0.3, 0.4) is 0 Å². The number of hydrogen-bond donors (Lipinski definition) is 0. The maximum atomic E-state index is 12.4. The molecule has 0 saturated heterocycles. The number of non-ortho nitro benzene ring substituents is 1. The normalized spacial score (nSPS) is 11.1. The molecule has 0 N–H and O–H groups in total. The Morgan fingerprint density at radius 1 is 1.20 bits per heavy atom. The van der Waals surface area contributed by atoms with E-state index in [1.165, 1.54) is 31.6 Å². The van der Waals surface area contributed by atoms with E-state index in [4.69, 9.17) is 4.74 Å². The molecule has 0 atom stereocenters. The van der Waals surface area contributed by atoms with Crippen molar-refractivity contribution in [1.29, 1.82) is 0 Å². The van der Waals surface area contributed by atoms with Crippen molar-refractivity contribution < 1.29 is 18.1 Å². The molecule has 2 aromatic rings. The number of sulfone groups is 1. The lowest BCUT2D eigenvalue weighted by molar-refractivity contribution is -0.385. The third-order valence-electron chi connectivity index (χ3n) is 2.61. The van der Waals surface area contributed by atoms with Crippen LogP contribution in [0.4, 0.5) is 5.69 Å². The fourth-order valence-corrected chi connectivity index (χ4v) is 3.02. The molecule has 0 aliphatic heterocycles.